The van der Waals surface area contributed by atoms with E-state index in [9.17, 15) is 32.9 Å². The molecule has 4 aliphatic rings. The molecule has 5 amide bonds. The van der Waals surface area contributed by atoms with E-state index in [1.807, 2.05) is 25.1 Å². The fourth-order valence-electron chi connectivity index (χ4n) is 7.62. The number of carbonyl (C=O) groups is 5. The van der Waals surface area contributed by atoms with E-state index in [2.05, 4.69) is 25.1 Å². The lowest BCUT2D eigenvalue weighted by Gasteiger charge is -2.43. The molecule has 18 nitrogen and oxygen atoms in total. The zero-order chi connectivity index (χ0) is 48.7. The number of hydrogen-bond donors (Lipinski definition) is 4. The maximum atomic E-state index is 14.7. The van der Waals surface area contributed by atoms with E-state index in [4.69, 9.17) is 45.9 Å². The monoisotopic (exact) mass is 935 g/mol. The summed E-state index contributed by atoms with van der Waals surface area (Å²) >= 11 is 0. The third kappa shape index (κ3) is 12.1. The Morgan fingerprint density at radius 3 is 2.18 bits per heavy atom. The van der Waals surface area contributed by atoms with Crippen LogP contribution in [-0.2, 0) is 38.7 Å². The number of aliphatic carboxylic acids is 1. The molecule has 3 aromatic carbocycles. The molecule has 0 saturated carbocycles. The molecule has 0 saturated heterocycles. The summed E-state index contributed by atoms with van der Waals surface area (Å²) in [5, 5.41) is 12.1. The third-order valence-corrected chi connectivity index (χ3v) is 12.2. The van der Waals surface area contributed by atoms with Crippen molar-refractivity contribution in [1.82, 2.24) is 5.06 Å². The van der Waals surface area contributed by atoms with E-state index in [-0.39, 0.29) is 60.2 Å². The van der Waals surface area contributed by atoms with Crippen molar-refractivity contribution in [1.29, 1.82) is 0 Å². The van der Waals surface area contributed by atoms with Crippen LogP contribution in [0.1, 0.15) is 64.9 Å². The van der Waals surface area contributed by atoms with Crippen LogP contribution in [0.4, 0.5) is 26.2 Å². The number of ether oxygens (including phenoxy) is 4. The van der Waals surface area contributed by atoms with Crippen molar-refractivity contribution in [3.05, 3.63) is 77.1 Å². The molecular formula is C46H55FN5O13P. The normalized spacial score (nSPS) is 19.4. The lowest BCUT2D eigenvalue weighted by Crippen LogP contribution is -2.45. The predicted octanol–water partition coefficient (Wildman–Crippen LogP) is 6.54. The first-order valence-electron chi connectivity index (χ1n) is 20.9. The average Bonchev–Trinajstić information content (AvgIpc) is 3.52. The van der Waals surface area contributed by atoms with Crippen molar-refractivity contribution in [3.63, 3.8) is 0 Å². The first kappa shape index (κ1) is 50.7. The fourth-order valence-corrected chi connectivity index (χ4v) is 8.38. The molecule has 7 rings (SSSR count). The van der Waals surface area contributed by atoms with Crippen LogP contribution in [0.15, 0.2) is 65.7 Å². The molecule has 20 heteroatoms. The molecule has 3 heterocycles. The Hall–Kier alpha value is -6.29. The average molecular weight is 936 g/mol. The molecule has 354 valence electrons. The quantitative estimate of drug-likeness (QED) is 0.0692. The number of benzene rings is 3. The number of hydrogen-bond acceptors (Lipinski definition) is 12. The van der Waals surface area contributed by atoms with Crippen LogP contribution in [0, 0.1) is 18.2 Å². The van der Waals surface area contributed by atoms with Gasteiger partial charge in [0.15, 0.2) is 19.8 Å². The highest BCUT2D eigenvalue weighted by Crippen LogP contribution is 2.47. The van der Waals surface area contributed by atoms with Gasteiger partial charge in [0.05, 0.1) is 25.0 Å². The number of nitrogens with zero attached hydrogens (tertiary/aromatic N) is 3. The third-order valence-electron chi connectivity index (χ3n) is 11.1. The molecule has 0 fully saturated rings. The number of hydroxylamine groups is 2. The van der Waals surface area contributed by atoms with E-state index in [1.165, 1.54) is 31.8 Å². The summed E-state index contributed by atoms with van der Waals surface area (Å²) in [4.78, 5) is 75.1. The van der Waals surface area contributed by atoms with Gasteiger partial charge >= 0.3 is 12.0 Å². The molecular weight excluding hydrogens is 880 g/mol. The second-order valence-electron chi connectivity index (χ2n) is 16.8. The van der Waals surface area contributed by atoms with Crippen LogP contribution in [0.25, 0.3) is 0 Å². The lowest BCUT2D eigenvalue weighted by molar-refractivity contribution is -0.172. The van der Waals surface area contributed by atoms with Crippen LogP contribution < -0.4 is 35.1 Å². The molecule has 66 heavy (non-hydrogen) atoms. The highest BCUT2D eigenvalue weighted by molar-refractivity contribution is 7.57. The van der Waals surface area contributed by atoms with Gasteiger partial charge in [0.2, 0.25) is 5.79 Å². The lowest BCUT2D eigenvalue weighted by atomic mass is 9.76. The Balaban J connectivity index is 0.000000204. The zero-order valence-electron chi connectivity index (χ0n) is 37.8. The van der Waals surface area contributed by atoms with Crippen molar-refractivity contribution in [3.8, 4) is 35.3 Å². The zero-order valence-corrected chi connectivity index (χ0v) is 38.7. The number of rotatable bonds is 11. The molecule has 0 spiro atoms. The minimum absolute atomic E-state index is 0.0170. The predicted molar refractivity (Wildman–Crippen MR) is 242 cm³/mol. The van der Waals surface area contributed by atoms with Gasteiger partial charge in [0.1, 0.15) is 29.0 Å². The first-order chi connectivity index (χ1) is 31.0. The van der Waals surface area contributed by atoms with Crippen LogP contribution >= 0.6 is 7.37 Å². The SMILES string of the molecule is C#CCN1C(=O)COc2cc(F)c(N3C(=O)C4=C(CCCC4)C3=O)cc21.CON(C)C(=O)Nc1ccc(Oc2ccc3c(c2)OC(C)(OC)CC3(C)C)cc1.CP(=O)(O)CCC(N)C(=O)O. The number of anilines is 3. The maximum Gasteiger partial charge on any atom is 0.345 e. The van der Waals surface area contributed by atoms with Crippen molar-refractivity contribution in [2.75, 3.05) is 62.4 Å². The summed E-state index contributed by atoms with van der Waals surface area (Å²) in [7, 11) is 1.51. The van der Waals surface area contributed by atoms with Crippen molar-refractivity contribution < 1.29 is 66.7 Å². The van der Waals surface area contributed by atoms with Gasteiger partial charge in [-0.2, -0.15) is 0 Å². The highest BCUT2D eigenvalue weighted by atomic mass is 31.2. The number of carboxylic acids is 1. The standard InChI is InChI=1S/C22H28N2O5.C19H15FN2O4.C5H12NO4P/c1-21(2)14-22(3,26-5)29-19-13-17(11-12-18(19)21)28-16-9-7-15(8-10-16)23-20(25)24(4)27-6;1-2-7-21-15-9-14(13(20)8-16(15)26-10-17(21)23)22-18(24)11-5-3-4-6-12(11)19(22)25;1-11(9,10)3-2-4(6)5(7)8/h7-13H,14H2,1-6H3,(H,23,25);1,8-9H,3-7,10H2;4H,2-3,6H2,1H3,(H,7,8)(H,9,10). The number of nitrogens with two attached hydrogens (primary N) is 1. The molecule has 0 aromatic heterocycles. The summed E-state index contributed by atoms with van der Waals surface area (Å²) in [6.07, 6.45) is 8.77. The van der Waals surface area contributed by atoms with Gasteiger partial charge in [-0.25, -0.2) is 19.1 Å². The van der Waals surface area contributed by atoms with Gasteiger partial charge < -0.3 is 40.0 Å². The molecule has 5 N–H and O–H groups in total. The Bertz CT molecular complexity index is 2460. The van der Waals surface area contributed by atoms with Crippen LogP contribution in [0.5, 0.6) is 23.0 Å². The molecule has 1 aliphatic carbocycles. The van der Waals surface area contributed by atoms with Gasteiger partial charge in [-0.3, -0.25) is 33.5 Å². The summed E-state index contributed by atoms with van der Waals surface area (Å²) in [5.41, 5.74) is 7.77. The Kier molecular flexibility index (Phi) is 16.1. The van der Waals surface area contributed by atoms with Crippen LogP contribution in [0.2, 0.25) is 0 Å². The number of fused-ring (bicyclic) bond motifs is 2. The maximum absolute atomic E-state index is 14.7. The molecule has 3 atom stereocenters. The van der Waals surface area contributed by atoms with Gasteiger partial charge in [-0.05, 0) is 73.9 Å². The number of imide groups is 1. The van der Waals surface area contributed by atoms with Crippen LogP contribution in [-0.4, -0.2) is 104 Å². The first-order valence-corrected chi connectivity index (χ1v) is 23.1. The van der Waals surface area contributed by atoms with E-state index in [0.29, 0.717) is 41.2 Å². The summed E-state index contributed by atoms with van der Waals surface area (Å²) in [6, 6.07) is 13.9. The molecule has 0 radical (unpaired) electrons. The van der Waals surface area contributed by atoms with Crippen molar-refractivity contribution in [2.45, 2.75) is 76.5 Å². The Morgan fingerprint density at radius 1 is 1.00 bits per heavy atom. The number of carboxylic acid groups (broad SMARTS) is 1. The van der Waals surface area contributed by atoms with E-state index in [0.717, 1.165) is 46.6 Å². The van der Waals surface area contributed by atoms with E-state index in [1.54, 1.807) is 31.4 Å². The number of methoxy groups -OCH3 is 1. The van der Waals surface area contributed by atoms with Gasteiger partial charge in [0.25, 0.3) is 17.7 Å². The number of carbonyl (C=O) groups excluding carboxylic acids is 4. The van der Waals surface area contributed by atoms with Gasteiger partial charge in [-0.1, -0.05) is 25.8 Å². The second kappa shape index (κ2) is 20.9. The van der Waals surface area contributed by atoms with Gasteiger partial charge in [0, 0.05) is 74.9 Å². The van der Waals surface area contributed by atoms with Crippen molar-refractivity contribution >= 4 is 54.2 Å². The summed E-state index contributed by atoms with van der Waals surface area (Å²) in [6.45, 7) is 7.23. The minimum atomic E-state index is -3.10. The van der Waals surface area contributed by atoms with Crippen LogP contribution in [0.3, 0.4) is 0 Å². The topological polar surface area (TPSA) is 237 Å². The number of terminal acetylenes is 1. The summed E-state index contributed by atoms with van der Waals surface area (Å²) in [5.74, 6) is 0.657. The second-order valence-corrected chi connectivity index (χ2v) is 19.3. The minimum Gasteiger partial charge on any atom is -0.481 e. The number of urea groups is 1. The Morgan fingerprint density at radius 2 is 1.62 bits per heavy atom. The molecule has 3 aliphatic heterocycles. The number of nitrogens with one attached hydrogen (secondary N) is 1. The van der Waals surface area contributed by atoms with Gasteiger partial charge in [-0.15, -0.1) is 6.42 Å². The molecule has 3 aromatic rings. The molecule has 3 unspecified atom stereocenters. The fraction of sp³-hybridized carbons (Fsp3) is 0.413. The smallest absolute Gasteiger partial charge is 0.345 e. The summed E-state index contributed by atoms with van der Waals surface area (Å²) < 4.78 is 48.3. The molecule has 0 bridgehead atoms. The largest absolute Gasteiger partial charge is 0.481 e. The van der Waals surface area contributed by atoms with E-state index >= 15 is 0 Å². The number of halogens is 1. The number of amides is 5. The Labute approximate surface area is 382 Å². The van der Waals surface area contributed by atoms with E-state index < -0.39 is 42.8 Å². The van der Waals surface area contributed by atoms with Crippen molar-refractivity contribution in [2.24, 2.45) is 5.73 Å². The highest BCUT2D eigenvalue weighted by Gasteiger charge is 2.43.